The summed E-state index contributed by atoms with van der Waals surface area (Å²) < 4.78 is 0. The highest BCUT2D eigenvalue weighted by Gasteiger charge is 2.29. The van der Waals surface area contributed by atoms with Gasteiger partial charge in [0, 0.05) is 24.0 Å². The molecule has 0 radical (unpaired) electrons. The quantitative estimate of drug-likeness (QED) is 0.777. The minimum atomic E-state index is 0.112. The predicted molar refractivity (Wildman–Crippen MR) is 75.2 cm³/mol. The maximum atomic E-state index is 12.1. The molecule has 1 amide bonds. The van der Waals surface area contributed by atoms with Crippen LogP contribution in [0.4, 0.5) is 0 Å². The number of amides is 1. The van der Waals surface area contributed by atoms with Gasteiger partial charge in [-0.15, -0.1) is 11.6 Å². The van der Waals surface area contributed by atoms with Crippen LogP contribution in [0.15, 0.2) is 24.3 Å². The molecule has 2 rings (SSSR count). The van der Waals surface area contributed by atoms with E-state index in [1.54, 1.807) is 4.90 Å². The van der Waals surface area contributed by atoms with Crippen LogP contribution < -0.4 is 0 Å². The molecule has 2 nitrogen and oxygen atoms in total. The summed E-state index contributed by atoms with van der Waals surface area (Å²) in [5, 5.41) is 0.964. The molecule has 0 spiro atoms. The highest BCUT2D eigenvalue weighted by atomic mass is 35.5. The molecule has 98 valence electrons. The molecule has 1 aliphatic carbocycles. The van der Waals surface area contributed by atoms with Crippen molar-refractivity contribution in [3.63, 3.8) is 0 Å². The van der Waals surface area contributed by atoms with Gasteiger partial charge < -0.3 is 4.90 Å². The van der Waals surface area contributed by atoms with Crippen LogP contribution in [0.5, 0.6) is 0 Å². The first-order valence-corrected chi connectivity index (χ1v) is 6.99. The van der Waals surface area contributed by atoms with E-state index in [1.807, 2.05) is 31.3 Å². The standard InChI is InChI=1S/C14H17Cl2NO/c1-17(9-10-6-12(15)7-10)14(18)8-11-4-2-3-5-13(11)16/h2-5,10,12H,6-9H2,1H3. The summed E-state index contributed by atoms with van der Waals surface area (Å²) in [5.74, 6) is 0.675. The zero-order chi connectivity index (χ0) is 13.1. The topological polar surface area (TPSA) is 20.3 Å². The van der Waals surface area contributed by atoms with Gasteiger partial charge in [-0.2, -0.15) is 0 Å². The van der Waals surface area contributed by atoms with E-state index in [4.69, 9.17) is 23.2 Å². The third-order valence-corrected chi connectivity index (χ3v) is 4.16. The molecule has 0 atom stereocenters. The average molecular weight is 286 g/mol. The summed E-state index contributed by atoms with van der Waals surface area (Å²) in [7, 11) is 1.85. The zero-order valence-electron chi connectivity index (χ0n) is 10.4. The molecule has 1 aliphatic rings. The van der Waals surface area contributed by atoms with Crippen molar-refractivity contribution in [1.29, 1.82) is 0 Å². The summed E-state index contributed by atoms with van der Waals surface area (Å²) in [6.07, 6.45) is 2.41. The second-order valence-corrected chi connectivity index (χ2v) is 6.00. The van der Waals surface area contributed by atoms with Crippen molar-refractivity contribution < 1.29 is 4.79 Å². The zero-order valence-corrected chi connectivity index (χ0v) is 11.9. The van der Waals surface area contributed by atoms with Crippen molar-refractivity contribution in [3.8, 4) is 0 Å². The lowest BCUT2D eigenvalue weighted by Crippen LogP contribution is -2.38. The third-order valence-electron chi connectivity index (χ3n) is 3.44. The highest BCUT2D eigenvalue weighted by Crippen LogP contribution is 2.32. The van der Waals surface area contributed by atoms with Gasteiger partial charge in [-0.25, -0.2) is 0 Å². The Labute approximate surface area is 118 Å². The monoisotopic (exact) mass is 285 g/mol. The van der Waals surface area contributed by atoms with Gasteiger partial charge in [0.25, 0.3) is 0 Å². The number of rotatable bonds is 4. The normalized spacial score (nSPS) is 22.4. The number of alkyl halides is 1. The highest BCUT2D eigenvalue weighted by molar-refractivity contribution is 6.31. The number of hydrogen-bond acceptors (Lipinski definition) is 1. The summed E-state index contributed by atoms with van der Waals surface area (Å²) in [5.41, 5.74) is 0.889. The fourth-order valence-corrected chi connectivity index (χ4v) is 2.94. The van der Waals surface area contributed by atoms with E-state index in [2.05, 4.69) is 0 Å². The molecule has 4 heteroatoms. The van der Waals surface area contributed by atoms with Crippen LogP contribution in [0.3, 0.4) is 0 Å². The Morgan fingerprint density at radius 3 is 2.67 bits per heavy atom. The lowest BCUT2D eigenvalue weighted by atomic mass is 9.84. The fourth-order valence-electron chi connectivity index (χ4n) is 2.23. The van der Waals surface area contributed by atoms with Gasteiger partial charge in [-0.3, -0.25) is 4.79 Å². The van der Waals surface area contributed by atoms with E-state index >= 15 is 0 Å². The van der Waals surface area contributed by atoms with Crippen LogP contribution in [-0.4, -0.2) is 29.8 Å². The molecule has 0 heterocycles. The fraction of sp³-hybridized carbons (Fsp3) is 0.500. The maximum Gasteiger partial charge on any atom is 0.226 e. The van der Waals surface area contributed by atoms with Gasteiger partial charge >= 0.3 is 0 Å². The first-order chi connectivity index (χ1) is 8.56. The molecule has 0 unspecified atom stereocenters. The molecule has 0 aliphatic heterocycles. The average Bonchev–Trinajstić information content (AvgIpc) is 2.30. The van der Waals surface area contributed by atoms with Crippen molar-refractivity contribution in [2.24, 2.45) is 5.92 Å². The van der Waals surface area contributed by atoms with Crippen molar-refractivity contribution in [2.45, 2.75) is 24.6 Å². The lowest BCUT2D eigenvalue weighted by Gasteiger charge is -2.34. The van der Waals surface area contributed by atoms with Crippen LogP contribution >= 0.6 is 23.2 Å². The van der Waals surface area contributed by atoms with Crippen LogP contribution in [0.25, 0.3) is 0 Å². The van der Waals surface area contributed by atoms with Gasteiger partial charge in [0.2, 0.25) is 5.91 Å². The van der Waals surface area contributed by atoms with Crippen molar-refractivity contribution in [2.75, 3.05) is 13.6 Å². The first-order valence-electron chi connectivity index (χ1n) is 6.17. The van der Waals surface area contributed by atoms with E-state index < -0.39 is 0 Å². The van der Waals surface area contributed by atoms with Gasteiger partial charge in [0.15, 0.2) is 0 Å². The molecule has 0 aromatic heterocycles. The number of hydrogen-bond donors (Lipinski definition) is 0. The molecular formula is C14H17Cl2NO. The van der Waals surface area contributed by atoms with Crippen molar-refractivity contribution in [3.05, 3.63) is 34.9 Å². The third kappa shape index (κ3) is 3.39. The van der Waals surface area contributed by atoms with Gasteiger partial charge in [-0.1, -0.05) is 29.8 Å². The summed E-state index contributed by atoms with van der Waals surface area (Å²) in [6, 6.07) is 7.48. The minimum absolute atomic E-state index is 0.112. The number of carbonyl (C=O) groups excluding carboxylic acids is 1. The van der Waals surface area contributed by atoms with Crippen LogP contribution in [0.1, 0.15) is 18.4 Å². The van der Waals surface area contributed by atoms with E-state index in [9.17, 15) is 4.79 Å². The molecule has 0 saturated heterocycles. The second kappa shape index (κ2) is 5.94. The smallest absolute Gasteiger partial charge is 0.226 e. The molecule has 1 saturated carbocycles. The summed E-state index contributed by atoms with van der Waals surface area (Å²) in [6.45, 7) is 0.798. The van der Waals surface area contributed by atoms with Crippen LogP contribution in [-0.2, 0) is 11.2 Å². The Bertz CT molecular complexity index is 430. The largest absolute Gasteiger partial charge is 0.345 e. The van der Waals surface area contributed by atoms with Crippen LogP contribution in [0.2, 0.25) is 5.02 Å². The first kappa shape index (κ1) is 13.7. The Morgan fingerprint density at radius 2 is 2.06 bits per heavy atom. The number of likely N-dealkylation sites (N-methyl/N-ethyl adjacent to an activating group) is 1. The Hall–Kier alpha value is -0.730. The van der Waals surface area contributed by atoms with Crippen LogP contribution in [0, 0.1) is 5.92 Å². The van der Waals surface area contributed by atoms with Gasteiger partial charge in [0.05, 0.1) is 6.42 Å². The van der Waals surface area contributed by atoms with Gasteiger partial charge in [0.1, 0.15) is 0 Å². The Balaban J connectivity index is 1.86. The van der Waals surface area contributed by atoms with E-state index in [0.29, 0.717) is 22.7 Å². The van der Waals surface area contributed by atoms with E-state index in [-0.39, 0.29) is 5.91 Å². The number of carbonyl (C=O) groups is 1. The molecule has 0 bridgehead atoms. The van der Waals surface area contributed by atoms with Gasteiger partial charge in [-0.05, 0) is 30.4 Å². The lowest BCUT2D eigenvalue weighted by molar-refractivity contribution is -0.130. The minimum Gasteiger partial charge on any atom is -0.345 e. The van der Waals surface area contributed by atoms with E-state index in [1.165, 1.54) is 0 Å². The SMILES string of the molecule is CN(CC1CC(Cl)C1)C(=O)Cc1ccccc1Cl. The Kier molecular flexibility index (Phi) is 4.52. The number of halogens is 2. The summed E-state index contributed by atoms with van der Waals surface area (Å²) in [4.78, 5) is 13.8. The number of benzene rings is 1. The van der Waals surface area contributed by atoms with E-state index in [0.717, 1.165) is 24.9 Å². The summed E-state index contributed by atoms with van der Waals surface area (Å²) >= 11 is 12.0. The second-order valence-electron chi connectivity index (χ2n) is 4.98. The molecule has 1 aromatic carbocycles. The van der Waals surface area contributed by atoms with Crippen molar-refractivity contribution >= 4 is 29.1 Å². The number of nitrogens with zero attached hydrogens (tertiary/aromatic N) is 1. The molecule has 0 N–H and O–H groups in total. The van der Waals surface area contributed by atoms with Crippen molar-refractivity contribution in [1.82, 2.24) is 4.90 Å². The molecular weight excluding hydrogens is 269 g/mol. The molecule has 1 aromatic rings. The predicted octanol–water partition coefficient (Wildman–Crippen LogP) is 3.36. The molecule has 18 heavy (non-hydrogen) atoms. The Morgan fingerprint density at radius 1 is 1.39 bits per heavy atom. The maximum absolute atomic E-state index is 12.1. The molecule has 1 fully saturated rings.